The van der Waals surface area contributed by atoms with Crippen LogP contribution in [0.3, 0.4) is 0 Å². The quantitative estimate of drug-likeness (QED) is 0.608. The van der Waals surface area contributed by atoms with Crippen LogP contribution in [0.2, 0.25) is 0 Å². The fraction of sp³-hybridized carbons (Fsp3) is 0.417. The van der Waals surface area contributed by atoms with Gasteiger partial charge in [0.2, 0.25) is 0 Å². The number of halogens is 3. The number of rotatable bonds is 4. The van der Waals surface area contributed by atoms with E-state index in [1.807, 2.05) is 32.2 Å². The van der Waals surface area contributed by atoms with Crippen LogP contribution in [0.5, 0.6) is 0 Å². The first kappa shape index (κ1) is 23.6. The number of aryl methyl sites for hydroxylation is 1. The molecule has 1 atom stereocenters. The monoisotopic (exact) mass is 447 g/mol. The number of nitrogens with one attached hydrogen (secondary N) is 1. The molecule has 1 aliphatic heterocycles. The van der Waals surface area contributed by atoms with Crippen molar-refractivity contribution in [1.82, 2.24) is 0 Å². The molecule has 1 N–H and O–H groups in total. The van der Waals surface area contributed by atoms with Crippen molar-refractivity contribution < 1.29 is 22.7 Å². The molecule has 1 unspecified atom stereocenters. The van der Waals surface area contributed by atoms with Crippen LogP contribution in [-0.2, 0) is 17.3 Å². The molecule has 8 heteroatoms. The molecule has 0 aromatic heterocycles. The van der Waals surface area contributed by atoms with Crippen LogP contribution in [-0.4, -0.2) is 30.6 Å². The summed E-state index contributed by atoms with van der Waals surface area (Å²) in [7, 11) is 0. The third kappa shape index (κ3) is 6.02. The van der Waals surface area contributed by atoms with Crippen molar-refractivity contribution in [3.05, 3.63) is 58.7 Å². The molecule has 0 saturated carbocycles. The Kier molecular flexibility index (Phi) is 6.53. The number of fused-ring (bicyclic) bond motifs is 1. The van der Waals surface area contributed by atoms with E-state index in [0.29, 0.717) is 18.5 Å². The van der Waals surface area contributed by atoms with E-state index in [1.54, 1.807) is 26.8 Å². The first-order chi connectivity index (χ1) is 14.8. The van der Waals surface area contributed by atoms with E-state index in [9.17, 15) is 18.0 Å². The molecule has 1 amide bonds. The fourth-order valence-electron chi connectivity index (χ4n) is 3.53. The predicted molar refractivity (Wildman–Crippen MR) is 121 cm³/mol. The highest BCUT2D eigenvalue weighted by molar-refractivity contribution is 5.90. The van der Waals surface area contributed by atoms with Gasteiger partial charge in [-0.3, -0.25) is 10.3 Å². The average Bonchev–Trinajstić information content (AvgIpc) is 2.64. The molecular formula is C24H28F3N3O2. The van der Waals surface area contributed by atoms with Gasteiger partial charge in [0.05, 0.1) is 5.56 Å². The molecule has 5 nitrogen and oxygen atoms in total. The lowest BCUT2D eigenvalue weighted by molar-refractivity contribution is -0.137. The van der Waals surface area contributed by atoms with Gasteiger partial charge >= 0.3 is 12.3 Å². The molecule has 0 fully saturated rings. The van der Waals surface area contributed by atoms with Gasteiger partial charge in [0.15, 0.2) is 0 Å². The van der Waals surface area contributed by atoms with Crippen LogP contribution in [0.4, 0.5) is 29.3 Å². The van der Waals surface area contributed by atoms with Crippen molar-refractivity contribution in [1.29, 1.82) is 0 Å². The van der Waals surface area contributed by atoms with Gasteiger partial charge in [0.1, 0.15) is 11.8 Å². The van der Waals surface area contributed by atoms with Gasteiger partial charge < -0.3 is 9.64 Å². The zero-order chi connectivity index (χ0) is 23.7. The number of carbonyl (C=O) groups excluding carboxylic acids is 1. The lowest BCUT2D eigenvalue weighted by atomic mass is 10.0. The molecule has 3 rings (SSSR count). The molecule has 0 aliphatic carbocycles. The summed E-state index contributed by atoms with van der Waals surface area (Å²) in [5.74, 6) is 0. The van der Waals surface area contributed by atoms with Crippen LogP contribution < -0.4 is 10.2 Å². The van der Waals surface area contributed by atoms with Gasteiger partial charge in [0.25, 0.3) is 0 Å². The molecular weight excluding hydrogens is 419 g/mol. The van der Waals surface area contributed by atoms with E-state index in [4.69, 9.17) is 4.74 Å². The van der Waals surface area contributed by atoms with Crippen molar-refractivity contribution in [2.75, 3.05) is 16.8 Å². The Balaban J connectivity index is 1.84. The highest BCUT2D eigenvalue weighted by atomic mass is 19.4. The summed E-state index contributed by atoms with van der Waals surface area (Å²) in [6.07, 6.45) is -3.30. The summed E-state index contributed by atoms with van der Waals surface area (Å²) in [6.45, 7) is 9.48. The lowest BCUT2D eigenvalue weighted by Crippen LogP contribution is -2.36. The van der Waals surface area contributed by atoms with Crippen molar-refractivity contribution in [3.63, 3.8) is 0 Å². The van der Waals surface area contributed by atoms with Gasteiger partial charge in [-0.2, -0.15) is 13.2 Å². The summed E-state index contributed by atoms with van der Waals surface area (Å²) in [5.41, 5.74) is 2.01. The fourth-order valence-corrected chi connectivity index (χ4v) is 3.53. The number of aliphatic imine (C=N–C) groups is 1. The number of benzene rings is 2. The topological polar surface area (TPSA) is 53.9 Å². The second-order valence-corrected chi connectivity index (χ2v) is 8.96. The predicted octanol–water partition coefficient (Wildman–Crippen LogP) is 6.19. The van der Waals surface area contributed by atoms with E-state index >= 15 is 0 Å². The maximum atomic E-state index is 13.5. The smallest absolute Gasteiger partial charge is 0.416 e. The Morgan fingerprint density at radius 3 is 2.53 bits per heavy atom. The summed E-state index contributed by atoms with van der Waals surface area (Å²) < 4.78 is 45.6. The third-order valence-electron chi connectivity index (χ3n) is 4.98. The average molecular weight is 448 g/mol. The molecule has 172 valence electrons. The Hall–Kier alpha value is -3.03. The SMILES string of the molecule is Cc1ccc2c(c1)N(CCc1cc(NC(=O)OC(C)(C)C)cc(C(F)(F)F)c1)C(C)N=C2. The maximum absolute atomic E-state index is 13.5. The number of amides is 1. The standard InChI is InChI=1S/C24H28F3N3O2/c1-15-6-7-18-14-28-16(2)30(21(18)10-15)9-8-17-11-19(24(25,26)27)13-20(12-17)29-22(31)32-23(3,4)5/h6-7,10-14,16H,8-9H2,1-5H3,(H,29,31). The summed E-state index contributed by atoms with van der Waals surface area (Å²) >= 11 is 0. The first-order valence-electron chi connectivity index (χ1n) is 10.4. The van der Waals surface area contributed by atoms with Gasteiger partial charge in [-0.25, -0.2) is 4.79 Å². The van der Waals surface area contributed by atoms with Gasteiger partial charge in [-0.05, 0) is 76.4 Å². The summed E-state index contributed by atoms with van der Waals surface area (Å²) in [4.78, 5) is 18.6. The van der Waals surface area contributed by atoms with Crippen LogP contribution in [0.25, 0.3) is 0 Å². The largest absolute Gasteiger partial charge is 0.444 e. The number of nitrogens with zero attached hydrogens (tertiary/aromatic N) is 2. The Morgan fingerprint density at radius 1 is 1.16 bits per heavy atom. The van der Waals surface area contributed by atoms with Crippen LogP contribution in [0.15, 0.2) is 41.4 Å². The molecule has 2 aromatic carbocycles. The minimum atomic E-state index is -4.53. The Labute approximate surface area is 186 Å². The number of hydrogen-bond acceptors (Lipinski definition) is 4. The van der Waals surface area contributed by atoms with Crippen molar-refractivity contribution in [2.45, 2.75) is 59.0 Å². The van der Waals surface area contributed by atoms with Crippen LogP contribution >= 0.6 is 0 Å². The number of alkyl halides is 3. The van der Waals surface area contributed by atoms with Gasteiger partial charge in [-0.15, -0.1) is 0 Å². The first-order valence-corrected chi connectivity index (χ1v) is 10.4. The van der Waals surface area contributed by atoms with Crippen LogP contribution in [0, 0.1) is 6.92 Å². The van der Waals surface area contributed by atoms with Crippen molar-refractivity contribution >= 4 is 23.7 Å². The van der Waals surface area contributed by atoms with E-state index in [1.165, 1.54) is 0 Å². The number of hydrogen-bond donors (Lipinski definition) is 1. The minimum absolute atomic E-state index is 0.0463. The Bertz CT molecular complexity index is 1030. The van der Waals surface area contributed by atoms with Crippen molar-refractivity contribution in [3.8, 4) is 0 Å². The van der Waals surface area contributed by atoms with Gasteiger partial charge in [0, 0.05) is 29.7 Å². The number of carbonyl (C=O) groups is 1. The van der Waals surface area contributed by atoms with Gasteiger partial charge in [-0.1, -0.05) is 12.1 Å². The van der Waals surface area contributed by atoms with E-state index in [-0.39, 0.29) is 11.9 Å². The molecule has 1 aliphatic rings. The highest BCUT2D eigenvalue weighted by Crippen LogP contribution is 2.33. The second kappa shape index (κ2) is 8.84. The van der Waals surface area contributed by atoms with E-state index in [2.05, 4.69) is 21.3 Å². The number of ether oxygens (including phenoxy) is 1. The molecule has 0 radical (unpaired) electrons. The Morgan fingerprint density at radius 2 is 1.88 bits per heavy atom. The molecule has 0 bridgehead atoms. The number of anilines is 2. The summed E-state index contributed by atoms with van der Waals surface area (Å²) in [6, 6.07) is 9.63. The molecule has 2 aromatic rings. The van der Waals surface area contributed by atoms with Crippen molar-refractivity contribution in [2.24, 2.45) is 4.99 Å². The summed E-state index contributed by atoms with van der Waals surface area (Å²) in [5, 5.41) is 2.42. The molecule has 32 heavy (non-hydrogen) atoms. The molecule has 0 spiro atoms. The normalized spacial score (nSPS) is 16.0. The van der Waals surface area contributed by atoms with Crippen LogP contribution in [0.1, 0.15) is 49.9 Å². The van der Waals surface area contributed by atoms with E-state index in [0.717, 1.165) is 28.9 Å². The minimum Gasteiger partial charge on any atom is -0.444 e. The zero-order valence-corrected chi connectivity index (χ0v) is 18.9. The van der Waals surface area contributed by atoms with E-state index < -0.39 is 23.4 Å². The maximum Gasteiger partial charge on any atom is 0.416 e. The molecule has 0 saturated heterocycles. The lowest BCUT2D eigenvalue weighted by Gasteiger charge is -2.33. The third-order valence-corrected chi connectivity index (χ3v) is 4.98. The highest BCUT2D eigenvalue weighted by Gasteiger charge is 2.32. The molecule has 1 heterocycles. The second-order valence-electron chi connectivity index (χ2n) is 8.96. The zero-order valence-electron chi connectivity index (χ0n) is 18.9.